The van der Waals surface area contributed by atoms with Gasteiger partial charge < -0.3 is 4.57 Å². The zero-order valence-electron chi connectivity index (χ0n) is 8.77. The minimum atomic E-state index is 0.469. The van der Waals surface area contributed by atoms with E-state index in [2.05, 4.69) is 23.8 Å². The molecule has 1 atom stereocenters. The smallest absolute Gasteiger partial charge is 0.118 e. The number of rotatable bonds is 2. The number of aryl methyl sites for hydroxylation is 1. The van der Waals surface area contributed by atoms with Gasteiger partial charge in [0, 0.05) is 19.0 Å². The van der Waals surface area contributed by atoms with Gasteiger partial charge in [-0.25, -0.2) is 4.98 Å². The largest absolute Gasteiger partial charge is 0.340 e. The molecule has 0 aromatic carbocycles. The lowest BCUT2D eigenvalue weighted by Gasteiger charge is -2.07. The summed E-state index contributed by atoms with van der Waals surface area (Å²) in [5.74, 6) is 1.73. The lowest BCUT2D eigenvalue weighted by atomic mass is 10.1. The van der Waals surface area contributed by atoms with Crippen LogP contribution in [-0.2, 0) is 7.05 Å². The highest BCUT2D eigenvalue weighted by molar-refractivity contribution is 8.14. The van der Waals surface area contributed by atoms with Crippen LogP contribution in [0.3, 0.4) is 0 Å². The van der Waals surface area contributed by atoms with Crippen molar-refractivity contribution >= 4 is 16.8 Å². The van der Waals surface area contributed by atoms with Crippen LogP contribution in [0.1, 0.15) is 19.5 Å². The van der Waals surface area contributed by atoms with Gasteiger partial charge in [0.25, 0.3) is 0 Å². The zero-order chi connectivity index (χ0) is 10.1. The number of aliphatic imine (C=N–C) groups is 1. The standard InChI is InChI=1S/C10H15N3S/c1-7(2)9-5-14-10(12-9)8-4-13(3)6-11-8/h4,6-7,9H,5H2,1-3H3. The second kappa shape index (κ2) is 3.77. The second-order valence-electron chi connectivity index (χ2n) is 3.98. The second-order valence-corrected chi connectivity index (χ2v) is 4.99. The minimum Gasteiger partial charge on any atom is -0.340 e. The van der Waals surface area contributed by atoms with Gasteiger partial charge in [-0.2, -0.15) is 0 Å². The van der Waals surface area contributed by atoms with Crippen molar-refractivity contribution in [2.75, 3.05) is 5.75 Å². The maximum Gasteiger partial charge on any atom is 0.118 e. The first-order valence-electron chi connectivity index (χ1n) is 4.85. The van der Waals surface area contributed by atoms with E-state index in [1.807, 2.05) is 35.9 Å². The molecule has 1 aliphatic heterocycles. The molecule has 3 nitrogen and oxygen atoms in total. The maximum atomic E-state index is 4.67. The van der Waals surface area contributed by atoms with Crippen LogP contribution in [0, 0.1) is 5.92 Å². The molecule has 0 saturated carbocycles. The molecule has 0 aliphatic carbocycles. The van der Waals surface area contributed by atoms with Gasteiger partial charge in [0.2, 0.25) is 0 Å². The molecular weight excluding hydrogens is 194 g/mol. The molecule has 0 fully saturated rings. The molecule has 0 bridgehead atoms. The van der Waals surface area contributed by atoms with Crippen molar-refractivity contribution in [2.45, 2.75) is 19.9 Å². The Labute approximate surface area is 88.6 Å². The highest BCUT2D eigenvalue weighted by Gasteiger charge is 2.22. The van der Waals surface area contributed by atoms with Crippen LogP contribution in [0.2, 0.25) is 0 Å². The van der Waals surface area contributed by atoms with Crippen LogP contribution in [0.25, 0.3) is 0 Å². The summed E-state index contributed by atoms with van der Waals surface area (Å²) in [5.41, 5.74) is 1.01. The van der Waals surface area contributed by atoms with E-state index in [0.717, 1.165) is 16.5 Å². The number of thioether (sulfide) groups is 1. The van der Waals surface area contributed by atoms with Gasteiger partial charge in [0.1, 0.15) is 10.7 Å². The lowest BCUT2D eigenvalue weighted by Crippen LogP contribution is -2.11. The average molecular weight is 209 g/mol. The van der Waals surface area contributed by atoms with Crippen molar-refractivity contribution in [3.05, 3.63) is 18.2 Å². The first kappa shape index (κ1) is 9.77. The molecule has 76 valence electrons. The highest BCUT2D eigenvalue weighted by atomic mass is 32.2. The summed E-state index contributed by atoms with van der Waals surface area (Å²) in [6.07, 6.45) is 3.84. The van der Waals surface area contributed by atoms with E-state index in [1.165, 1.54) is 0 Å². The Hall–Kier alpha value is -0.770. The lowest BCUT2D eigenvalue weighted by molar-refractivity contribution is 0.543. The molecule has 2 heterocycles. The van der Waals surface area contributed by atoms with Gasteiger partial charge in [0.15, 0.2) is 0 Å². The third-order valence-electron chi connectivity index (χ3n) is 2.37. The van der Waals surface area contributed by atoms with Crippen LogP contribution in [0.15, 0.2) is 17.5 Å². The normalized spacial score (nSPS) is 21.7. The summed E-state index contributed by atoms with van der Waals surface area (Å²) in [4.78, 5) is 8.98. The fourth-order valence-electron chi connectivity index (χ4n) is 1.39. The Morgan fingerprint density at radius 2 is 2.36 bits per heavy atom. The van der Waals surface area contributed by atoms with E-state index in [0.29, 0.717) is 12.0 Å². The molecule has 14 heavy (non-hydrogen) atoms. The van der Waals surface area contributed by atoms with Crippen molar-refractivity contribution < 1.29 is 0 Å². The molecule has 0 radical (unpaired) electrons. The van der Waals surface area contributed by atoms with E-state index in [1.54, 1.807) is 0 Å². The van der Waals surface area contributed by atoms with Gasteiger partial charge in [-0.1, -0.05) is 13.8 Å². The van der Waals surface area contributed by atoms with E-state index in [9.17, 15) is 0 Å². The molecule has 2 rings (SSSR count). The Balaban J connectivity index is 2.17. The van der Waals surface area contributed by atoms with Crippen LogP contribution < -0.4 is 0 Å². The van der Waals surface area contributed by atoms with E-state index >= 15 is 0 Å². The minimum absolute atomic E-state index is 0.469. The van der Waals surface area contributed by atoms with Gasteiger partial charge >= 0.3 is 0 Å². The molecule has 1 aromatic heterocycles. The summed E-state index contributed by atoms with van der Waals surface area (Å²) >= 11 is 1.82. The number of imidazole rings is 1. The van der Waals surface area contributed by atoms with Gasteiger partial charge in [-0.3, -0.25) is 4.99 Å². The summed E-state index contributed by atoms with van der Waals surface area (Å²) < 4.78 is 1.96. The van der Waals surface area contributed by atoms with E-state index < -0.39 is 0 Å². The predicted octanol–water partition coefficient (Wildman–Crippen LogP) is 1.94. The van der Waals surface area contributed by atoms with Gasteiger partial charge in [-0.15, -0.1) is 11.8 Å². The fourth-order valence-corrected chi connectivity index (χ4v) is 2.65. The summed E-state index contributed by atoms with van der Waals surface area (Å²) in [6.45, 7) is 4.44. The molecule has 0 spiro atoms. The molecule has 0 amide bonds. The van der Waals surface area contributed by atoms with Crippen molar-refractivity contribution in [1.82, 2.24) is 9.55 Å². The molecular formula is C10H15N3S. The van der Waals surface area contributed by atoms with Crippen LogP contribution in [-0.4, -0.2) is 26.4 Å². The highest BCUT2D eigenvalue weighted by Crippen LogP contribution is 2.26. The quantitative estimate of drug-likeness (QED) is 0.745. The first-order valence-corrected chi connectivity index (χ1v) is 5.84. The molecule has 1 unspecified atom stereocenters. The monoisotopic (exact) mass is 209 g/mol. The SMILES string of the molecule is CC(C)C1CSC(c2cn(C)cn2)=N1. The van der Waals surface area contributed by atoms with Crippen LogP contribution in [0.4, 0.5) is 0 Å². The van der Waals surface area contributed by atoms with Crippen molar-refractivity contribution in [2.24, 2.45) is 18.0 Å². The fraction of sp³-hybridized carbons (Fsp3) is 0.600. The first-order chi connectivity index (χ1) is 6.66. The molecule has 1 aromatic rings. The Morgan fingerprint density at radius 1 is 1.57 bits per heavy atom. The Kier molecular flexibility index (Phi) is 2.63. The average Bonchev–Trinajstić information content (AvgIpc) is 2.70. The van der Waals surface area contributed by atoms with Crippen molar-refractivity contribution in [3.8, 4) is 0 Å². The van der Waals surface area contributed by atoms with Crippen molar-refractivity contribution in [1.29, 1.82) is 0 Å². The van der Waals surface area contributed by atoms with Crippen LogP contribution in [0.5, 0.6) is 0 Å². The molecule has 0 N–H and O–H groups in total. The summed E-state index contributed by atoms with van der Waals surface area (Å²) in [7, 11) is 1.98. The number of hydrogen-bond donors (Lipinski definition) is 0. The Morgan fingerprint density at radius 3 is 2.86 bits per heavy atom. The van der Waals surface area contributed by atoms with Crippen LogP contribution >= 0.6 is 11.8 Å². The Bertz CT molecular complexity index is 354. The molecule has 1 aliphatic rings. The molecule has 4 heteroatoms. The topological polar surface area (TPSA) is 30.2 Å². The number of nitrogens with zero attached hydrogens (tertiary/aromatic N) is 3. The molecule has 0 saturated heterocycles. The zero-order valence-corrected chi connectivity index (χ0v) is 9.58. The van der Waals surface area contributed by atoms with E-state index in [4.69, 9.17) is 0 Å². The maximum absolute atomic E-state index is 4.67. The van der Waals surface area contributed by atoms with Crippen molar-refractivity contribution in [3.63, 3.8) is 0 Å². The summed E-state index contributed by atoms with van der Waals surface area (Å²) in [5, 5.41) is 1.10. The third kappa shape index (κ3) is 1.85. The number of aromatic nitrogens is 2. The number of hydrogen-bond acceptors (Lipinski definition) is 3. The predicted molar refractivity (Wildman–Crippen MR) is 60.8 cm³/mol. The van der Waals surface area contributed by atoms with E-state index in [-0.39, 0.29) is 0 Å². The van der Waals surface area contributed by atoms with Gasteiger partial charge in [-0.05, 0) is 5.92 Å². The summed E-state index contributed by atoms with van der Waals surface area (Å²) in [6, 6.07) is 0.469. The van der Waals surface area contributed by atoms with Gasteiger partial charge in [0.05, 0.1) is 12.4 Å². The third-order valence-corrected chi connectivity index (χ3v) is 3.46.